The number of carbonyl (C=O) groups excluding carboxylic acids is 2. The third-order valence-electron chi connectivity index (χ3n) is 6.07. The average Bonchev–Trinajstić information content (AvgIpc) is 3.61. The fourth-order valence-corrected chi connectivity index (χ4v) is 5.57. The number of hydrogen-bond acceptors (Lipinski definition) is 6. The van der Waals surface area contributed by atoms with Gasteiger partial charge in [0.1, 0.15) is 6.04 Å². The molecule has 1 fully saturated rings. The second kappa shape index (κ2) is 12.3. The molecule has 2 amide bonds. The van der Waals surface area contributed by atoms with Gasteiger partial charge in [-0.15, -0.1) is 11.8 Å². The number of alkyl carbamates (subject to hydrolysis) is 1. The fraction of sp³-hybridized carbons (Fsp3) is 0.360. The zero-order valence-corrected chi connectivity index (χ0v) is 21.4. The Morgan fingerprint density at radius 1 is 1.08 bits per heavy atom. The van der Waals surface area contributed by atoms with Crippen LogP contribution in [-0.4, -0.2) is 45.3 Å². The van der Waals surface area contributed by atoms with Crippen LogP contribution in [0.5, 0.6) is 0 Å². The van der Waals surface area contributed by atoms with Gasteiger partial charge in [-0.05, 0) is 53.8 Å². The Hall–Kier alpha value is -3.02. The molecule has 2 aliphatic rings. The molecule has 9 nitrogen and oxygen atoms in total. The molecule has 1 aliphatic heterocycles. The number of benzene rings is 2. The lowest BCUT2D eigenvalue weighted by Gasteiger charge is -2.25. The first kappa shape index (κ1) is 26.1. The van der Waals surface area contributed by atoms with Crippen LogP contribution >= 0.6 is 11.8 Å². The molecule has 5 N–H and O–H groups in total. The third kappa shape index (κ3) is 7.49. The summed E-state index contributed by atoms with van der Waals surface area (Å²) in [6.45, 7) is 0. The van der Waals surface area contributed by atoms with Crippen molar-refractivity contribution in [2.24, 2.45) is 5.92 Å². The molecule has 0 saturated heterocycles. The minimum atomic E-state index is -2.15. The van der Waals surface area contributed by atoms with Crippen molar-refractivity contribution in [1.29, 1.82) is 0 Å². The summed E-state index contributed by atoms with van der Waals surface area (Å²) in [4.78, 5) is 25.4. The zero-order valence-electron chi connectivity index (χ0n) is 19.8. The first-order chi connectivity index (χ1) is 17.4. The average molecular weight is 531 g/mol. The molecule has 1 saturated carbocycles. The highest BCUT2D eigenvalue weighted by Gasteiger charge is 2.36. The molecule has 4 rings (SSSR count). The fourth-order valence-electron chi connectivity index (χ4n) is 4.01. The van der Waals surface area contributed by atoms with E-state index in [0.717, 1.165) is 16.8 Å². The van der Waals surface area contributed by atoms with E-state index < -0.39 is 23.4 Å². The molecular formula is C25H30N4O5S2. The van der Waals surface area contributed by atoms with E-state index in [9.17, 15) is 13.8 Å². The predicted octanol–water partition coefficient (Wildman–Crippen LogP) is 3.14. The first-order valence-corrected chi connectivity index (χ1v) is 13.7. The van der Waals surface area contributed by atoms with E-state index in [1.807, 2.05) is 42.5 Å². The van der Waals surface area contributed by atoms with Gasteiger partial charge in [0, 0.05) is 17.8 Å². The minimum Gasteiger partial charge on any atom is -0.453 e. The van der Waals surface area contributed by atoms with E-state index in [1.54, 1.807) is 23.9 Å². The molecule has 0 bridgehead atoms. The Morgan fingerprint density at radius 3 is 2.42 bits per heavy atom. The number of rotatable bonds is 11. The quantitative estimate of drug-likeness (QED) is 0.282. The topological polar surface area (TPSA) is 129 Å². The Kier molecular flexibility index (Phi) is 8.89. The monoisotopic (exact) mass is 530 g/mol. The molecule has 1 aliphatic carbocycles. The van der Waals surface area contributed by atoms with Crippen LogP contribution in [0.1, 0.15) is 24.0 Å². The van der Waals surface area contributed by atoms with Gasteiger partial charge in [0.15, 0.2) is 0 Å². The zero-order chi connectivity index (χ0) is 25.5. The van der Waals surface area contributed by atoms with Gasteiger partial charge in [-0.25, -0.2) is 9.00 Å². The number of methoxy groups -OCH3 is 1. The molecule has 2 unspecified atom stereocenters. The molecule has 2 aromatic carbocycles. The maximum Gasteiger partial charge on any atom is 0.407 e. The standard InChI is InChI=1S/C25H30N4O5S2/c1-34-25(31)28-21(14-16-5-3-2-4-6-16)23(30)26-20(22-15-35-24(27-22)18-9-10-18)13-17-7-11-19(12-8-17)29-36(32)33/h2-8,11-12,15,18,20-21,24,27,29H,9-10,13-14H2,1H3,(H,26,30)(H,28,31)(H,32,33)/t20-,21-,24?/m0/s1. The second-order valence-electron chi connectivity index (χ2n) is 8.80. The molecule has 4 atom stereocenters. The highest BCUT2D eigenvalue weighted by atomic mass is 32.2. The number of nitrogens with one attached hydrogen (secondary N) is 4. The van der Waals surface area contributed by atoms with Crippen LogP contribution in [0.3, 0.4) is 0 Å². The van der Waals surface area contributed by atoms with Crippen LogP contribution in [0.2, 0.25) is 0 Å². The lowest BCUT2D eigenvalue weighted by Crippen LogP contribution is -2.52. The Bertz CT molecular complexity index is 1110. The Morgan fingerprint density at radius 2 is 1.78 bits per heavy atom. The van der Waals surface area contributed by atoms with Gasteiger partial charge in [0.25, 0.3) is 11.3 Å². The van der Waals surface area contributed by atoms with Crippen molar-refractivity contribution >= 4 is 40.7 Å². The van der Waals surface area contributed by atoms with Gasteiger partial charge in [-0.3, -0.25) is 14.1 Å². The summed E-state index contributed by atoms with van der Waals surface area (Å²) in [6.07, 6.45) is 2.55. The number of anilines is 1. The highest BCUT2D eigenvalue weighted by molar-refractivity contribution is 8.03. The van der Waals surface area contributed by atoms with Gasteiger partial charge in [-0.1, -0.05) is 42.5 Å². The number of ether oxygens (including phenoxy) is 1. The first-order valence-electron chi connectivity index (χ1n) is 11.7. The maximum atomic E-state index is 13.4. The molecule has 2 aromatic rings. The van der Waals surface area contributed by atoms with Crippen LogP contribution in [0.4, 0.5) is 10.5 Å². The number of thioether (sulfide) groups is 1. The summed E-state index contributed by atoms with van der Waals surface area (Å²) < 4.78 is 27.2. The minimum absolute atomic E-state index is 0.304. The van der Waals surface area contributed by atoms with Crippen LogP contribution in [0.15, 0.2) is 65.7 Å². The summed E-state index contributed by atoms with van der Waals surface area (Å²) in [7, 11) is 1.27. The van der Waals surface area contributed by atoms with Crippen LogP contribution in [-0.2, 0) is 33.6 Å². The van der Waals surface area contributed by atoms with E-state index in [1.165, 1.54) is 20.0 Å². The van der Waals surface area contributed by atoms with Gasteiger partial charge in [-0.2, -0.15) is 0 Å². The Balaban J connectivity index is 1.50. The smallest absolute Gasteiger partial charge is 0.407 e. The molecule has 0 radical (unpaired) electrons. The van der Waals surface area contributed by atoms with E-state index in [4.69, 9.17) is 9.29 Å². The lowest BCUT2D eigenvalue weighted by atomic mass is 10.0. The summed E-state index contributed by atoms with van der Waals surface area (Å²) in [5.41, 5.74) is 3.31. The van der Waals surface area contributed by atoms with Gasteiger partial charge >= 0.3 is 6.09 Å². The van der Waals surface area contributed by atoms with E-state index in [2.05, 4.69) is 26.1 Å². The number of hydrogen-bond donors (Lipinski definition) is 5. The molecule has 0 aromatic heterocycles. The van der Waals surface area contributed by atoms with E-state index in [0.29, 0.717) is 29.8 Å². The number of carbonyl (C=O) groups is 2. The highest BCUT2D eigenvalue weighted by Crippen LogP contribution is 2.41. The molecule has 0 spiro atoms. The van der Waals surface area contributed by atoms with E-state index in [-0.39, 0.29) is 11.9 Å². The summed E-state index contributed by atoms with van der Waals surface area (Å²) in [5, 5.41) is 11.7. The Labute approximate surface area is 217 Å². The summed E-state index contributed by atoms with van der Waals surface area (Å²) in [5.74, 6) is 0.322. The maximum absolute atomic E-state index is 13.4. The van der Waals surface area contributed by atoms with Crippen LogP contribution in [0, 0.1) is 5.92 Å². The van der Waals surface area contributed by atoms with Gasteiger partial charge in [0.05, 0.1) is 18.5 Å². The van der Waals surface area contributed by atoms with Gasteiger partial charge < -0.3 is 20.7 Å². The predicted molar refractivity (Wildman–Crippen MR) is 141 cm³/mol. The van der Waals surface area contributed by atoms with Crippen molar-refractivity contribution in [3.63, 3.8) is 0 Å². The molecule has 1 heterocycles. The molecule has 36 heavy (non-hydrogen) atoms. The lowest BCUT2D eigenvalue weighted by molar-refractivity contribution is -0.123. The van der Waals surface area contributed by atoms with Crippen molar-refractivity contribution in [2.45, 2.75) is 43.1 Å². The van der Waals surface area contributed by atoms with Crippen LogP contribution < -0.4 is 20.7 Å². The van der Waals surface area contributed by atoms with E-state index >= 15 is 0 Å². The normalized spacial score (nSPS) is 19.3. The van der Waals surface area contributed by atoms with Crippen molar-refractivity contribution in [3.8, 4) is 0 Å². The molecular weight excluding hydrogens is 500 g/mol. The third-order valence-corrected chi connectivity index (χ3v) is 7.66. The van der Waals surface area contributed by atoms with Crippen LogP contribution in [0.25, 0.3) is 0 Å². The largest absolute Gasteiger partial charge is 0.453 e. The van der Waals surface area contributed by atoms with Crippen molar-refractivity contribution < 1.29 is 23.1 Å². The van der Waals surface area contributed by atoms with Crippen molar-refractivity contribution in [2.75, 3.05) is 11.8 Å². The molecule has 192 valence electrons. The van der Waals surface area contributed by atoms with Gasteiger partial charge in [0.2, 0.25) is 5.91 Å². The summed E-state index contributed by atoms with van der Waals surface area (Å²) in [6, 6.07) is 15.5. The SMILES string of the molecule is COC(=O)N[C@@H](Cc1ccccc1)C(=O)N[C@@H](Cc1ccc(NS(=O)O)cc1)C1=CSC(C2CC2)N1. The second-order valence-corrected chi connectivity index (χ2v) is 10.5. The van der Waals surface area contributed by atoms with Crippen molar-refractivity contribution in [1.82, 2.24) is 16.0 Å². The summed E-state index contributed by atoms with van der Waals surface area (Å²) >= 11 is -0.412. The molecule has 11 heteroatoms. The number of amides is 2. The van der Waals surface area contributed by atoms with Crippen molar-refractivity contribution in [3.05, 3.63) is 76.8 Å².